The molecule has 0 radical (unpaired) electrons. The average molecular weight is 130 g/mol. The fraction of sp³-hybridized carbons (Fsp3) is 0. The van der Waals surface area contributed by atoms with Crippen molar-refractivity contribution in [2.45, 2.75) is 0 Å². The van der Waals surface area contributed by atoms with Crippen LogP contribution in [-0.2, 0) is 0 Å². The van der Waals surface area contributed by atoms with Crippen LogP contribution in [0.15, 0.2) is 48.5 Å². The largest absolute Gasteiger partial charge is 0.0623 e. The molecule has 0 heteroatoms. The molecule has 0 aliphatic heterocycles. The molecule has 10 heavy (non-hydrogen) atoms. The minimum absolute atomic E-state index is 0.514. The molecule has 0 nitrogen and oxygen atoms in total. The van der Waals surface area contributed by atoms with Gasteiger partial charge in [-0.05, 0) is 10.8 Å². The Kier molecular flexibility index (Phi) is 0.808. The minimum Gasteiger partial charge on any atom is -0.0616 e. The maximum atomic E-state index is 7.38. The van der Waals surface area contributed by atoms with Crippen LogP contribution in [0, 0.1) is 0 Å². The second-order valence-electron chi connectivity index (χ2n) is 2.20. The van der Waals surface area contributed by atoms with Gasteiger partial charge in [-0.25, -0.2) is 0 Å². The highest BCUT2D eigenvalue weighted by Crippen LogP contribution is 2.11. The van der Waals surface area contributed by atoms with E-state index in [1.54, 1.807) is 24.3 Å². The van der Waals surface area contributed by atoms with Crippen LogP contribution in [-0.4, -0.2) is 0 Å². The van der Waals surface area contributed by atoms with Gasteiger partial charge in [-0.15, -0.1) is 0 Å². The summed E-state index contributed by atoms with van der Waals surface area (Å²) in [5.41, 5.74) is 0. The molecule has 2 aromatic rings. The molecule has 0 N–H and O–H groups in total. The molecule has 0 atom stereocenters. The van der Waals surface area contributed by atoms with Crippen LogP contribution in [0.5, 0.6) is 0 Å². The van der Waals surface area contributed by atoms with Crippen LogP contribution >= 0.6 is 0 Å². The molecule has 0 fully saturated rings. The van der Waals surface area contributed by atoms with E-state index in [4.69, 9.17) is 2.74 Å². The molecule has 0 saturated carbocycles. The lowest BCUT2D eigenvalue weighted by molar-refractivity contribution is 1.75. The Balaban J connectivity index is 2.79. The van der Waals surface area contributed by atoms with E-state index in [1.807, 2.05) is 12.1 Å². The Morgan fingerprint density at radius 2 is 1.30 bits per heavy atom. The van der Waals surface area contributed by atoms with Gasteiger partial charge in [0.05, 0.1) is 2.74 Å². The molecule has 0 spiro atoms. The molecule has 0 aliphatic rings. The van der Waals surface area contributed by atoms with Crippen molar-refractivity contribution in [2.24, 2.45) is 0 Å². The average Bonchev–Trinajstić information content (AvgIpc) is 2.05. The summed E-state index contributed by atoms with van der Waals surface area (Å²) < 4.78 is 14.8. The second kappa shape index (κ2) is 2.14. The number of hydrogen-bond donors (Lipinski definition) is 0. The van der Waals surface area contributed by atoms with Gasteiger partial charge in [0.15, 0.2) is 0 Å². The Morgan fingerprint density at radius 3 is 1.80 bits per heavy atom. The van der Waals surface area contributed by atoms with E-state index < -0.39 is 0 Å². The maximum Gasteiger partial charge on any atom is 0.0623 e. The van der Waals surface area contributed by atoms with Gasteiger partial charge in [0, 0.05) is 0 Å². The lowest BCUT2D eigenvalue weighted by Crippen LogP contribution is -1.67. The van der Waals surface area contributed by atoms with Crippen molar-refractivity contribution in [3.63, 3.8) is 0 Å². The zero-order chi connectivity index (χ0) is 8.55. The number of hydrogen-bond acceptors (Lipinski definition) is 0. The van der Waals surface area contributed by atoms with Crippen molar-refractivity contribution >= 4 is 10.8 Å². The zero-order valence-corrected chi connectivity index (χ0v) is 5.46. The summed E-state index contributed by atoms with van der Waals surface area (Å²) in [7, 11) is 0. The molecule has 0 bridgehead atoms. The summed E-state index contributed by atoms with van der Waals surface area (Å²) in [5, 5.41) is 2.05. The summed E-state index contributed by atoms with van der Waals surface area (Å²) in [4.78, 5) is 0. The molecule has 48 valence electrons. The number of rotatable bonds is 0. The molecule has 0 aromatic heterocycles. The SMILES string of the molecule is [2H]c1ccc2cc([2H])ccc2c1. The second-order valence-corrected chi connectivity index (χ2v) is 2.20. The smallest absolute Gasteiger partial charge is 0.0616 e. The molecule has 2 aromatic carbocycles. The van der Waals surface area contributed by atoms with E-state index in [-0.39, 0.29) is 0 Å². The van der Waals surface area contributed by atoms with E-state index >= 15 is 0 Å². The molecule has 0 aliphatic carbocycles. The molecule has 0 heterocycles. The van der Waals surface area contributed by atoms with E-state index in [1.165, 1.54) is 0 Å². The summed E-state index contributed by atoms with van der Waals surface area (Å²) in [6, 6.07) is 11.8. The van der Waals surface area contributed by atoms with E-state index in [0.717, 1.165) is 10.8 Å². The Bertz CT molecular complexity index is 380. The van der Waals surface area contributed by atoms with Gasteiger partial charge in [0.2, 0.25) is 0 Å². The predicted molar refractivity (Wildman–Crippen MR) is 43.9 cm³/mol. The zero-order valence-electron chi connectivity index (χ0n) is 7.46. The Morgan fingerprint density at radius 1 is 0.800 bits per heavy atom. The van der Waals surface area contributed by atoms with Gasteiger partial charge in [0.25, 0.3) is 0 Å². The molecule has 0 amide bonds. The van der Waals surface area contributed by atoms with Crippen molar-refractivity contribution < 1.29 is 2.74 Å². The summed E-state index contributed by atoms with van der Waals surface area (Å²) in [6.45, 7) is 0. The first-order valence-electron chi connectivity index (χ1n) is 4.23. The first-order valence-corrected chi connectivity index (χ1v) is 3.23. The van der Waals surface area contributed by atoms with Crippen LogP contribution in [0.4, 0.5) is 0 Å². The first-order chi connectivity index (χ1) is 5.75. The fourth-order valence-corrected chi connectivity index (χ4v) is 1.01. The van der Waals surface area contributed by atoms with Crippen molar-refractivity contribution in [3.8, 4) is 0 Å². The van der Waals surface area contributed by atoms with Crippen molar-refractivity contribution in [2.75, 3.05) is 0 Å². The van der Waals surface area contributed by atoms with E-state index in [0.29, 0.717) is 12.1 Å². The lowest BCUT2D eigenvalue weighted by Gasteiger charge is -1.92. The summed E-state index contributed by atoms with van der Waals surface area (Å²) in [5.74, 6) is 0. The van der Waals surface area contributed by atoms with Gasteiger partial charge in [-0.2, -0.15) is 0 Å². The highest BCUT2D eigenvalue weighted by molar-refractivity contribution is 5.81. The molecular weight excluding hydrogens is 120 g/mol. The monoisotopic (exact) mass is 130 g/mol. The Labute approximate surface area is 62.9 Å². The highest BCUT2D eigenvalue weighted by atomic mass is 13.9. The predicted octanol–water partition coefficient (Wildman–Crippen LogP) is 2.84. The quantitative estimate of drug-likeness (QED) is 0.514. The first kappa shape index (κ1) is 3.77. The van der Waals surface area contributed by atoms with Gasteiger partial charge >= 0.3 is 0 Å². The lowest BCUT2D eigenvalue weighted by atomic mass is 10.1. The molecule has 2 rings (SSSR count). The van der Waals surface area contributed by atoms with Crippen LogP contribution in [0.3, 0.4) is 0 Å². The van der Waals surface area contributed by atoms with E-state index in [2.05, 4.69) is 0 Å². The van der Waals surface area contributed by atoms with Crippen molar-refractivity contribution in [1.29, 1.82) is 0 Å². The van der Waals surface area contributed by atoms with Crippen LogP contribution in [0.25, 0.3) is 10.8 Å². The van der Waals surface area contributed by atoms with Crippen LogP contribution < -0.4 is 0 Å². The third-order valence-corrected chi connectivity index (χ3v) is 1.53. The van der Waals surface area contributed by atoms with Crippen molar-refractivity contribution in [1.82, 2.24) is 0 Å². The minimum atomic E-state index is 0.514. The van der Waals surface area contributed by atoms with E-state index in [9.17, 15) is 0 Å². The number of benzene rings is 2. The van der Waals surface area contributed by atoms with Gasteiger partial charge in [0.1, 0.15) is 0 Å². The fourth-order valence-electron chi connectivity index (χ4n) is 1.01. The number of fused-ring (bicyclic) bond motifs is 1. The highest BCUT2D eigenvalue weighted by Gasteiger charge is 1.85. The van der Waals surface area contributed by atoms with Crippen LogP contribution in [0.1, 0.15) is 2.74 Å². The van der Waals surface area contributed by atoms with Gasteiger partial charge < -0.3 is 0 Å². The third kappa shape index (κ3) is 0.781. The van der Waals surface area contributed by atoms with Crippen LogP contribution in [0.2, 0.25) is 0 Å². The van der Waals surface area contributed by atoms with Gasteiger partial charge in [-0.3, -0.25) is 0 Å². The Hall–Kier alpha value is -1.30. The van der Waals surface area contributed by atoms with Crippen molar-refractivity contribution in [3.05, 3.63) is 48.5 Å². The maximum absolute atomic E-state index is 7.38. The summed E-state index contributed by atoms with van der Waals surface area (Å²) >= 11 is 0. The third-order valence-electron chi connectivity index (χ3n) is 1.53. The molecule has 0 saturated heterocycles. The topological polar surface area (TPSA) is 0 Å². The van der Waals surface area contributed by atoms with Gasteiger partial charge in [-0.1, -0.05) is 48.5 Å². The molecule has 0 unspecified atom stereocenters. The molecular formula is C10H8. The normalized spacial score (nSPS) is 12.8. The summed E-state index contributed by atoms with van der Waals surface area (Å²) in [6.07, 6.45) is 0. The standard InChI is InChI=1S/C10H8/c1-2-6-10-8-4-3-7-9(10)5-1/h1-8H/i1D,4D.